The fourth-order valence-corrected chi connectivity index (χ4v) is 3.63. The number of ether oxygens (including phenoxy) is 2. The summed E-state index contributed by atoms with van der Waals surface area (Å²) in [4.78, 5) is 35.0. The number of aliphatic carboxylic acids is 1. The highest BCUT2D eigenvalue weighted by atomic mass is 16.7. The van der Waals surface area contributed by atoms with Crippen molar-refractivity contribution in [2.75, 3.05) is 0 Å². The SMILES string of the molecule is CC(=O)Cc1cc2cccc(O[C@@H]3O[C@H](C(=O)O)[C@@H](O)[C@H](O)[C@H]3O)c2c(O)c1C(C)=O. The van der Waals surface area contributed by atoms with Crippen LogP contribution in [-0.2, 0) is 20.7 Å². The van der Waals surface area contributed by atoms with E-state index in [1.54, 1.807) is 12.1 Å². The second-order valence-electron chi connectivity index (χ2n) is 7.40. The summed E-state index contributed by atoms with van der Waals surface area (Å²) < 4.78 is 10.7. The lowest BCUT2D eigenvalue weighted by Gasteiger charge is -2.38. The number of phenolic OH excluding ortho intramolecular Hbond substituents is 1. The number of carbonyl (C=O) groups excluding carboxylic acids is 2. The third-order valence-corrected chi connectivity index (χ3v) is 5.03. The molecular weight excluding hydrogens is 412 g/mol. The summed E-state index contributed by atoms with van der Waals surface area (Å²) in [5.41, 5.74) is 0.267. The van der Waals surface area contributed by atoms with Crippen molar-refractivity contribution in [2.24, 2.45) is 0 Å². The lowest BCUT2D eigenvalue weighted by Crippen LogP contribution is -2.61. The molecule has 1 aliphatic rings. The van der Waals surface area contributed by atoms with Crippen LogP contribution in [0.15, 0.2) is 24.3 Å². The van der Waals surface area contributed by atoms with Gasteiger partial charge in [0.2, 0.25) is 6.29 Å². The van der Waals surface area contributed by atoms with Gasteiger partial charge in [0.25, 0.3) is 0 Å². The van der Waals surface area contributed by atoms with Gasteiger partial charge < -0.3 is 35.0 Å². The largest absolute Gasteiger partial charge is 0.506 e. The molecule has 166 valence electrons. The van der Waals surface area contributed by atoms with Crippen LogP contribution in [-0.4, -0.2) is 73.8 Å². The van der Waals surface area contributed by atoms with Crippen LogP contribution in [0, 0.1) is 0 Å². The van der Waals surface area contributed by atoms with E-state index in [-0.39, 0.29) is 28.9 Å². The summed E-state index contributed by atoms with van der Waals surface area (Å²) in [6, 6.07) is 6.08. The first-order chi connectivity index (χ1) is 14.5. The van der Waals surface area contributed by atoms with Gasteiger partial charge in [0, 0.05) is 6.42 Å². The molecule has 2 aromatic rings. The number of aromatic hydroxyl groups is 1. The molecule has 5 atom stereocenters. The molecule has 0 aromatic heterocycles. The summed E-state index contributed by atoms with van der Waals surface area (Å²) in [5.74, 6) is -2.77. The molecule has 0 aliphatic carbocycles. The van der Waals surface area contributed by atoms with Crippen LogP contribution < -0.4 is 4.74 Å². The summed E-state index contributed by atoms with van der Waals surface area (Å²) in [7, 11) is 0. The Morgan fingerprint density at radius 2 is 1.74 bits per heavy atom. The maximum absolute atomic E-state index is 12.2. The van der Waals surface area contributed by atoms with Crippen molar-refractivity contribution in [1.82, 2.24) is 0 Å². The monoisotopic (exact) mass is 434 g/mol. The van der Waals surface area contributed by atoms with Gasteiger partial charge in [0.05, 0.1) is 10.9 Å². The molecule has 1 heterocycles. The molecule has 5 N–H and O–H groups in total. The van der Waals surface area contributed by atoms with Crippen LogP contribution in [0.25, 0.3) is 10.8 Å². The van der Waals surface area contributed by atoms with Gasteiger partial charge in [-0.15, -0.1) is 0 Å². The fraction of sp³-hybridized carbons (Fsp3) is 0.381. The quantitative estimate of drug-likeness (QED) is 0.394. The summed E-state index contributed by atoms with van der Waals surface area (Å²) in [5, 5.41) is 50.4. The Kier molecular flexibility index (Phi) is 6.27. The van der Waals surface area contributed by atoms with Crippen LogP contribution in [0.1, 0.15) is 29.8 Å². The fourth-order valence-electron chi connectivity index (χ4n) is 3.63. The minimum absolute atomic E-state index is 0.0661. The molecule has 10 heteroatoms. The third-order valence-electron chi connectivity index (χ3n) is 5.03. The smallest absolute Gasteiger partial charge is 0.335 e. The molecule has 10 nitrogen and oxygen atoms in total. The maximum atomic E-state index is 12.2. The van der Waals surface area contributed by atoms with Crippen molar-refractivity contribution in [1.29, 1.82) is 0 Å². The number of carboxylic acid groups (broad SMARTS) is 1. The predicted molar refractivity (Wildman–Crippen MR) is 105 cm³/mol. The Hall–Kier alpha value is -3.05. The molecule has 0 bridgehead atoms. The van der Waals surface area contributed by atoms with Crippen molar-refractivity contribution in [2.45, 2.75) is 51.0 Å². The zero-order valence-corrected chi connectivity index (χ0v) is 16.7. The molecule has 0 unspecified atom stereocenters. The number of aliphatic hydroxyl groups excluding tert-OH is 3. The van der Waals surface area contributed by atoms with Gasteiger partial charge in [0.1, 0.15) is 35.6 Å². The van der Waals surface area contributed by atoms with Crippen LogP contribution in [0.5, 0.6) is 11.5 Å². The van der Waals surface area contributed by atoms with Crippen LogP contribution in [0.2, 0.25) is 0 Å². The number of Topliss-reactive ketones (excluding diaryl/α,β-unsaturated/α-hetero) is 2. The Bertz CT molecular complexity index is 1050. The Morgan fingerprint density at radius 3 is 2.32 bits per heavy atom. The van der Waals surface area contributed by atoms with Crippen molar-refractivity contribution >= 4 is 28.3 Å². The molecule has 1 aliphatic heterocycles. The van der Waals surface area contributed by atoms with Crippen molar-refractivity contribution < 1.29 is 49.4 Å². The zero-order valence-electron chi connectivity index (χ0n) is 16.7. The third kappa shape index (κ3) is 4.23. The van der Waals surface area contributed by atoms with Crippen molar-refractivity contribution in [3.05, 3.63) is 35.4 Å². The number of aliphatic hydroxyl groups is 3. The van der Waals surface area contributed by atoms with Gasteiger partial charge in [-0.25, -0.2) is 4.79 Å². The van der Waals surface area contributed by atoms with E-state index in [1.165, 1.54) is 26.0 Å². The standard InChI is InChI=1S/C21H22O10/c1-8(22)6-11-7-10-4-3-5-12(14(10)15(24)13(11)9(2)23)30-21-18(27)16(25)17(26)19(31-21)20(28)29/h3-5,7,16-19,21,24-27H,6H2,1-2H3,(H,28,29)/t16-,17-,18+,19-,21+/m0/s1. The second-order valence-corrected chi connectivity index (χ2v) is 7.40. The molecule has 0 saturated carbocycles. The number of fused-ring (bicyclic) bond motifs is 1. The normalized spacial score (nSPS) is 25.9. The summed E-state index contributed by atoms with van der Waals surface area (Å²) in [6.45, 7) is 2.59. The molecule has 3 rings (SSSR count). The van der Waals surface area contributed by atoms with Crippen LogP contribution >= 0.6 is 0 Å². The van der Waals surface area contributed by atoms with E-state index in [4.69, 9.17) is 9.47 Å². The van der Waals surface area contributed by atoms with Gasteiger partial charge in [-0.05, 0) is 36.9 Å². The lowest BCUT2D eigenvalue weighted by atomic mass is 9.93. The zero-order chi connectivity index (χ0) is 23.0. The van der Waals surface area contributed by atoms with Crippen LogP contribution in [0.3, 0.4) is 0 Å². The topological polar surface area (TPSA) is 171 Å². The first kappa shape index (κ1) is 22.6. The van der Waals surface area contributed by atoms with Gasteiger partial charge in [-0.1, -0.05) is 12.1 Å². The van der Waals surface area contributed by atoms with Gasteiger partial charge in [0.15, 0.2) is 11.9 Å². The predicted octanol–water partition coefficient (Wildman–Crippen LogP) is 0.151. The molecular formula is C21H22O10. The van der Waals surface area contributed by atoms with E-state index in [2.05, 4.69) is 0 Å². The number of rotatable bonds is 6. The number of benzene rings is 2. The van der Waals surface area contributed by atoms with E-state index in [0.717, 1.165) is 0 Å². The number of hydrogen-bond acceptors (Lipinski definition) is 9. The minimum Gasteiger partial charge on any atom is -0.506 e. The summed E-state index contributed by atoms with van der Waals surface area (Å²) in [6.07, 6.45) is -9.17. The lowest BCUT2D eigenvalue weighted by molar-refractivity contribution is -0.270. The van der Waals surface area contributed by atoms with Crippen LogP contribution in [0.4, 0.5) is 0 Å². The van der Waals surface area contributed by atoms with E-state index in [9.17, 15) is 39.9 Å². The van der Waals surface area contributed by atoms with E-state index < -0.39 is 48.2 Å². The number of carbonyl (C=O) groups is 3. The van der Waals surface area contributed by atoms with Gasteiger partial charge in [-0.3, -0.25) is 9.59 Å². The van der Waals surface area contributed by atoms with E-state index in [0.29, 0.717) is 10.9 Å². The highest BCUT2D eigenvalue weighted by Gasteiger charge is 2.48. The van der Waals surface area contributed by atoms with Gasteiger partial charge >= 0.3 is 5.97 Å². The Morgan fingerprint density at radius 1 is 1.06 bits per heavy atom. The molecule has 1 saturated heterocycles. The molecule has 1 fully saturated rings. The average molecular weight is 434 g/mol. The first-order valence-corrected chi connectivity index (χ1v) is 9.40. The van der Waals surface area contributed by atoms with E-state index >= 15 is 0 Å². The molecule has 0 radical (unpaired) electrons. The summed E-state index contributed by atoms with van der Waals surface area (Å²) >= 11 is 0. The highest BCUT2D eigenvalue weighted by molar-refractivity contribution is 6.07. The average Bonchev–Trinajstić information content (AvgIpc) is 2.67. The molecule has 31 heavy (non-hydrogen) atoms. The van der Waals surface area contributed by atoms with Crippen molar-refractivity contribution in [3.8, 4) is 11.5 Å². The van der Waals surface area contributed by atoms with Gasteiger partial charge in [-0.2, -0.15) is 0 Å². The number of hydrogen-bond donors (Lipinski definition) is 5. The van der Waals surface area contributed by atoms with E-state index in [1.807, 2.05) is 0 Å². The minimum atomic E-state index is -1.88. The molecule has 2 aromatic carbocycles. The molecule has 0 spiro atoms. The number of ketones is 2. The van der Waals surface area contributed by atoms with Crippen molar-refractivity contribution in [3.63, 3.8) is 0 Å². The number of phenols is 1. The Labute approximate surface area is 176 Å². The highest BCUT2D eigenvalue weighted by Crippen LogP contribution is 2.39. The maximum Gasteiger partial charge on any atom is 0.335 e. The Balaban J connectivity index is 2.09. The number of carboxylic acids is 1. The second kappa shape index (κ2) is 8.60. The molecule has 0 amide bonds. The first-order valence-electron chi connectivity index (χ1n) is 9.40.